The van der Waals surface area contributed by atoms with Gasteiger partial charge in [0, 0.05) is 19.6 Å². The first-order valence-corrected chi connectivity index (χ1v) is 10.4. The molecule has 3 rings (SSSR count). The number of benzene rings is 2. The van der Waals surface area contributed by atoms with Crippen LogP contribution in [0.25, 0.3) is 0 Å². The number of nitrogens with zero attached hydrogens (tertiary/aromatic N) is 1. The van der Waals surface area contributed by atoms with E-state index in [9.17, 15) is 18.0 Å². The van der Waals surface area contributed by atoms with Gasteiger partial charge in [0.15, 0.2) is 0 Å². The number of carbonyl (C=O) groups is 2. The Morgan fingerprint density at radius 1 is 1.00 bits per heavy atom. The summed E-state index contributed by atoms with van der Waals surface area (Å²) in [6.07, 6.45) is 1.77. The Morgan fingerprint density at radius 2 is 1.61 bits per heavy atom. The van der Waals surface area contributed by atoms with Gasteiger partial charge in [0.2, 0.25) is 10.0 Å². The standard InChI is InChI=1S/C20H22N2O5S/c1-27-20(24)18-7-3-2-6-17(18)19(23)21-14-15-8-10-16(11-9-15)28(25,26)22-12-4-5-13-22/h2-3,6-11H,4-5,12-14H2,1H3,(H,21,23). The molecular weight excluding hydrogens is 380 g/mol. The minimum Gasteiger partial charge on any atom is -0.465 e. The van der Waals surface area contributed by atoms with Gasteiger partial charge in [-0.2, -0.15) is 4.31 Å². The van der Waals surface area contributed by atoms with Gasteiger partial charge < -0.3 is 10.1 Å². The normalized spacial score (nSPS) is 14.6. The topological polar surface area (TPSA) is 92.8 Å². The lowest BCUT2D eigenvalue weighted by Gasteiger charge is -2.15. The number of nitrogens with one attached hydrogen (secondary N) is 1. The Labute approximate surface area is 164 Å². The Morgan fingerprint density at radius 3 is 2.21 bits per heavy atom. The number of sulfonamides is 1. The number of hydrogen-bond acceptors (Lipinski definition) is 5. The number of rotatable bonds is 6. The van der Waals surface area contributed by atoms with E-state index >= 15 is 0 Å². The molecule has 0 aromatic heterocycles. The van der Waals surface area contributed by atoms with E-state index in [0.29, 0.717) is 13.1 Å². The van der Waals surface area contributed by atoms with Crippen molar-refractivity contribution in [3.05, 3.63) is 65.2 Å². The predicted octanol–water partition coefficient (Wildman–Crippen LogP) is 2.19. The maximum Gasteiger partial charge on any atom is 0.338 e. The Kier molecular flexibility index (Phi) is 6.11. The van der Waals surface area contributed by atoms with Gasteiger partial charge in [-0.3, -0.25) is 4.79 Å². The summed E-state index contributed by atoms with van der Waals surface area (Å²) < 4.78 is 31.3. The van der Waals surface area contributed by atoms with Crippen molar-refractivity contribution >= 4 is 21.9 Å². The second kappa shape index (κ2) is 8.53. The summed E-state index contributed by atoms with van der Waals surface area (Å²) in [5, 5.41) is 2.74. The molecule has 28 heavy (non-hydrogen) atoms. The molecule has 0 unspecified atom stereocenters. The fourth-order valence-corrected chi connectivity index (χ4v) is 4.62. The molecule has 0 aliphatic carbocycles. The summed E-state index contributed by atoms with van der Waals surface area (Å²) in [5.74, 6) is -0.989. The molecule has 2 aromatic rings. The highest BCUT2D eigenvalue weighted by Gasteiger charge is 2.26. The van der Waals surface area contributed by atoms with E-state index in [1.165, 1.54) is 17.5 Å². The first kappa shape index (κ1) is 20.0. The third-order valence-corrected chi connectivity index (χ3v) is 6.57. The first-order valence-electron chi connectivity index (χ1n) is 8.98. The van der Waals surface area contributed by atoms with Crippen LogP contribution in [-0.4, -0.2) is 44.8 Å². The van der Waals surface area contributed by atoms with Crippen molar-refractivity contribution in [2.24, 2.45) is 0 Å². The van der Waals surface area contributed by atoms with Crippen LogP contribution in [0.3, 0.4) is 0 Å². The molecule has 1 aliphatic rings. The van der Waals surface area contributed by atoms with Crippen LogP contribution in [0.5, 0.6) is 0 Å². The van der Waals surface area contributed by atoms with Crippen LogP contribution >= 0.6 is 0 Å². The highest BCUT2D eigenvalue weighted by atomic mass is 32.2. The number of hydrogen-bond donors (Lipinski definition) is 1. The molecule has 1 heterocycles. The van der Waals surface area contributed by atoms with Gasteiger partial charge in [0.1, 0.15) is 0 Å². The number of amides is 1. The molecule has 7 nitrogen and oxygen atoms in total. The SMILES string of the molecule is COC(=O)c1ccccc1C(=O)NCc1ccc(S(=O)(=O)N2CCCC2)cc1. The summed E-state index contributed by atoms with van der Waals surface area (Å²) in [7, 11) is -2.19. The second-order valence-electron chi connectivity index (χ2n) is 6.47. The van der Waals surface area contributed by atoms with Gasteiger partial charge in [-0.1, -0.05) is 24.3 Å². The van der Waals surface area contributed by atoms with Gasteiger partial charge in [0.25, 0.3) is 5.91 Å². The van der Waals surface area contributed by atoms with Crippen molar-refractivity contribution in [2.75, 3.05) is 20.2 Å². The quantitative estimate of drug-likeness (QED) is 0.748. The van der Waals surface area contributed by atoms with E-state index in [0.717, 1.165) is 18.4 Å². The average molecular weight is 402 g/mol. The maximum absolute atomic E-state index is 12.5. The molecule has 1 fully saturated rings. The van der Waals surface area contributed by atoms with Gasteiger partial charge in [-0.25, -0.2) is 13.2 Å². The molecule has 0 radical (unpaired) electrons. The van der Waals surface area contributed by atoms with E-state index in [1.54, 1.807) is 42.5 Å². The molecule has 0 bridgehead atoms. The summed E-state index contributed by atoms with van der Waals surface area (Å²) in [4.78, 5) is 24.5. The van der Waals surface area contributed by atoms with Gasteiger partial charge in [-0.05, 0) is 42.7 Å². The molecule has 148 valence electrons. The Hall–Kier alpha value is -2.71. The van der Waals surface area contributed by atoms with E-state index in [4.69, 9.17) is 4.74 Å². The molecule has 1 aliphatic heterocycles. The van der Waals surface area contributed by atoms with E-state index < -0.39 is 21.9 Å². The summed E-state index contributed by atoms with van der Waals surface area (Å²) in [5.41, 5.74) is 1.17. The molecule has 2 aromatic carbocycles. The van der Waals surface area contributed by atoms with E-state index in [1.807, 2.05) is 0 Å². The van der Waals surface area contributed by atoms with Crippen LogP contribution in [0.2, 0.25) is 0 Å². The van der Waals surface area contributed by atoms with Gasteiger partial charge in [0.05, 0.1) is 23.1 Å². The number of esters is 1. The van der Waals surface area contributed by atoms with Crippen molar-refractivity contribution in [1.82, 2.24) is 9.62 Å². The lowest BCUT2D eigenvalue weighted by atomic mass is 10.1. The van der Waals surface area contributed by atoms with Crippen LogP contribution in [-0.2, 0) is 21.3 Å². The first-order chi connectivity index (χ1) is 13.4. The fraction of sp³-hybridized carbons (Fsp3) is 0.300. The van der Waals surface area contributed by atoms with Crippen LogP contribution in [0.4, 0.5) is 0 Å². The van der Waals surface area contributed by atoms with Crippen LogP contribution in [0.15, 0.2) is 53.4 Å². The zero-order chi connectivity index (χ0) is 20.1. The maximum atomic E-state index is 12.5. The number of carbonyl (C=O) groups excluding carboxylic acids is 2. The monoisotopic (exact) mass is 402 g/mol. The highest BCUT2D eigenvalue weighted by Crippen LogP contribution is 2.21. The smallest absolute Gasteiger partial charge is 0.338 e. The predicted molar refractivity (Wildman–Crippen MR) is 103 cm³/mol. The van der Waals surface area contributed by atoms with Crippen molar-refractivity contribution in [3.8, 4) is 0 Å². The van der Waals surface area contributed by atoms with Crippen molar-refractivity contribution < 1.29 is 22.7 Å². The minimum absolute atomic E-state index is 0.189. The number of ether oxygens (including phenoxy) is 1. The molecule has 1 amide bonds. The third kappa shape index (κ3) is 4.23. The van der Waals surface area contributed by atoms with Crippen LogP contribution < -0.4 is 5.32 Å². The van der Waals surface area contributed by atoms with Gasteiger partial charge in [-0.15, -0.1) is 0 Å². The molecule has 1 saturated heterocycles. The number of methoxy groups -OCH3 is 1. The molecule has 0 saturated carbocycles. The zero-order valence-corrected chi connectivity index (χ0v) is 16.4. The van der Waals surface area contributed by atoms with Crippen molar-refractivity contribution in [2.45, 2.75) is 24.3 Å². The van der Waals surface area contributed by atoms with E-state index in [-0.39, 0.29) is 22.6 Å². The lowest BCUT2D eigenvalue weighted by Crippen LogP contribution is -2.28. The molecule has 8 heteroatoms. The van der Waals surface area contributed by atoms with Crippen LogP contribution in [0, 0.1) is 0 Å². The van der Waals surface area contributed by atoms with Crippen LogP contribution in [0.1, 0.15) is 39.1 Å². The third-order valence-electron chi connectivity index (χ3n) is 4.66. The summed E-state index contributed by atoms with van der Waals surface area (Å²) in [6.45, 7) is 1.32. The summed E-state index contributed by atoms with van der Waals surface area (Å²) >= 11 is 0. The fourth-order valence-electron chi connectivity index (χ4n) is 3.10. The Bertz CT molecular complexity index is 964. The van der Waals surface area contributed by atoms with Crippen molar-refractivity contribution in [1.29, 1.82) is 0 Å². The molecule has 0 spiro atoms. The largest absolute Gasteiger partial charge is 0.465 e. The second-order valence-corrected chi connectivity index (χ2v) is 8.41. The van der Waals surface area contributed by atoms with E-state index in [2.05, 4.69) is 5.32 Å². The average Bonchev–Trinajstić information content (AvgIpc) is 3.27. The molecule has 1 N–H and O–H groups in total. The minimum atomic E-state index is -3.45. The highest BCUT2D eigenvalue weighted by molar-refractivity contribution is 7.89. The van der Waals surface area contributed by atoms with Gasteiger partial charge >= 0.3 is 5.97 Å². The Balaban J connectivity index is 1.67. The molecular formula is C20H22N2O5S. The molecule has 0 atom stereocenters. The van der Waals surface area contributed by atoms with Crippen molar-refractivity contribution in [3.63, 3.8) is 0 Å². The lowest BCUT2D eigenvalue weighted by molar-refractivity contribution is 0.0596. The zero-order valence-electron chi connectivity index (χ0n) is 15.6. The summed E-state index contributed by atoms with van der Waals surface area (Å²) in [6, 6.07) is 12.9.